The Morgan fingerprint density at radius 1 is 1.25 bits per heavy atom. The molecule has 0 atom stereocenters. The Labute approximate surface area is 173 Å². The maximum absolute atomic E-state index is 5.98. The number of hydrogen-bond donors (Lipinski definition) is 2. The highest BCUT2D eigenvalue weighted by atomic mass is 32.2. The molecule has 6 nitrogen and oxygen atoms in total. The van der Waals surface area contributed by atoms with Gasteiger partial charge in [0, 0.05) is 63.8 Å². The summed E-state index contributed by atoms with van der Waals surface area (Å²) in [5.41, 5.74) is 2.31. The average molecular weight is 410 g/mol. The summed E-state index contributed by atoms with van der Waals surface area (Å²) in [5.74, 6) is 1.73. The van der Waals surface area contributed by atoms with Crippen LogP contribution in [0.2, 0.25) is 0 Å². The van der Waals surface area contributed by atoms with Gasteiger partial charge in [-0.25, -0.2) is 0 Å². The number of methoxy groups -OCH3 is 1. The smallest absolute Gasteiger partial charge is 0.191 e. The molecule has 28 heavy (non-hydrogen) atoms. The van der Waals surface area contributed by atoms with E-state index in [1.807, 2.05) is 18.8 Å². The molecule has 0 spiro atoms. The lowest BCUT2D eigenvalue weighted by atomic mass is 9.99. The first kappa shape index (κ1) is 22.8. The highest BCUT2D eigenvalue weighted by molar-refractivity contribution is 8.00. The minimum atomic E-state index is 0.218. The van der Waals surface area contributed by atoms with Crippen LogP contribution in [0.15, 0.2) is 23.2 Å². The Kier molecular flexibility index (Phi) is 9.95. The van der Waals surface area contributed by atoms with Crippen LogP contribution in [-0.2, 0) is 16.0 Å². The highest BCUT2D eigenvalue weighted by Gasteiger charge is 2.31. The molecule has 1 heterocycles. The first-order valence-corrected chi connectivity index (χ1v) is 11.1. The van der Waals surface area contributed by atoms with Gasteiger partial charge < -0.3 is 24.8 Å². The van der Waals surface area contributed by atoms with E-state index in [9.17, 15) is 0 Å². The number of benzene rings is 1. The fourth-order valence-corrected chi connectivity index (χ4v) is 3.96. The van der Waals surface area contributed by atoms with Gasteiger partial charge in [-0.1, -0.05) is 12.1 Å². The van der Waals surface area contributed by atoms with Crippen LogP contribution in [0.25, 0.3) is 0 Å². The molecular formula is C21H35N3O3S. The molecule has 1 aliphatic heterocycles. The second-order valence-electron chi connectivity index (χ2n) is 7.08. The number of hydrogen-bond acceptors (Lipinski definition) is 5. The molecular weight excluding hydrogens is 374 g/mol. The lowest BCUT2D eigenvalue weighted by Crippen LogP contribution is -2.47. The van der Waals surface area contributed by atoms with Crippen molar-refractivity contribution in [2.24, 2.45) is 4.99 Å². The quantitative estimate of drug-likeness (QED) is 0.352. The van der Waals surface area contributed by atoms with Crippen LogP contribution < -0.4 is 15.4 Å². The van der Waals surface area contributed by atoms with Crippen LogP contribution in [0, 0.1) is 6.92 Å². The predicted molar refractivity (Wildman–Crippen MR) is 118 cm³/mol. The van der Waals surface area contributed by atoms with E-state index in [2.05, 4.69) is 47.0 Å². The maximum atomic E-state index is 5.98. The van der Waals surface area contributed by atoms with Crippen molar-refractivity contribution in [3.05, 3.63) is 29.3 Å². The fraction of sp³-hybridized carbons (Fsp3) is 0.667. The van der Waals surface area contributed by atoms with Crippen LogP contribution >= 0.6 is 11.8 Å². The Balaban J connectivity index is 1.90. The van der Waals surface area contributed by atoms with E-state index >= 15 is 0 Å². The molecule has 7 heteroatoms. The lowest BCUT2D eigenvalue weighted by Gasteiger charge is -2.36. The summed E-state index contributed by atoms with van der Waals surface area (Å²) in [6.45, 7) is 6.65. The molecule has 2 N–H and O–H groups in total. The molecule has 158 valence electrons. The monoisotopic (exact) mass is 409 g/mol. The van der Waals surface area contributed by atoms with Gasteiger partial charge in [0.15, 0.2) is 5.96 Å². The SMILES string of the molecule is CN=C(NCc1ccc(C)cc1OCCCOC)NCC1(SC)CCOCC1. The summed E-state index contributed by atoms with van der Waals surface area (Å²) in [7, 11) is 3.52. The topological polar surface area (TPSA) is 64.1 Å². The second kappa shape index (κ2) is 12.2. The van der Waals surface area contributed by atoms with Crippen molar-refractivity contribution in [1.82, 2.24) is 10.6 Å². The minimum absolute atomic E-state index is 0.218. The molecule has 1 aliphatic rings. The molecule has 1 aromatic carbocycles. The van der Waals surface area contributed by atoms with E-state index in [0.29, 0.717) is 19.8 Å². The normalized spacial score (nSPS) is 16.6. The summed E-state index contributed by atoms with van der Waals surface area (Å²) in [6.07, 6.45) is 5.19. The van der Waals surface area contributed by atoms with E-state index < -0.39 is 0 Å². The third kappa shape index (κ3) is 7.18. The summed E-state index contributed by atoms with van der Waals surface area (Å²) in [4.78, 5) is 4.38. The van der Waals surface area contributed by atoms with E-state index in [4.69, 9.17) is 14.2 Å². The third-order valence-electron chi connectivity index (χ3n) is 5.06. The van der Waals surface area contributed by atoms with Gasteiger partial charge in [0.1, 0.15) is 5.75 Å². The number of guanidine groups is 1. The van der Waals surface area contributed by atoms with Crippen molar-refractivity contribution >= 4 is 17.7 Å². The molecule has 0 saturated carbocycles. The van der Waals surface area contributed by atoms with Crippen LogP contribution in [0.4, 0.5) is 0 Å². The van der Waals surface area contributed by atoms with Crippen LogP contribution in [-0.4, -0.2) is 64.1 Å². The number of aryl methyl sites for hydroxylation is 1. The van der Waals surface area contributed by atoms with Gasteiger partial charge in [-0.2, -0.15) is 11.8 Å². The first-order chi connectivity index (χ1) is 13.6. The lowest BCUT2D eigenvalue weighted by molar-refractivity contribution is 0.0783. The minimum Gasteiger partial charge on any atom is -0.493 e. The summed E-state index contributed by atoms with van der Waals surface area (Å²) in [5, 5.41) is 6.92. The number of aliphatic imine (C=N–C) groups is 1. The van der Waals surface area contributed by atoms with E-state index in [1.165, 1.54) is 5.56 Å². The molecule has 0 bridgehead atoms. The molecule has 1 aromatic rings. The maximum Gasteiger partial charge on any atom is 0.191 e. The summed E-state index contributed by atoms with van der Waals surface area (Å²) < 4.78 is 16.8. The van der Waals surface area contributed by atoms with Gasteiger partial charge in [-0.15, -0.1) is 0 Å². The Morgan fingerprint density at radius 2 is 2.04 bits per heavy atom. The van der Waals surface area contributed by atoms with Crippen molar-refractivity contribution in [3.63, 3.8) is 0 Å². The van der Waals surface area contributed by atoms with Crippen molar-refractivity contribution < 1.29 is 14.2 Å². The molecule has 0 aromatic heterocycles. The van der Waals surface area contributed by atoms with Crippen molar-refractivity contribution in [1.29, 1.82) is 0 Å². The third-order valence-corrected chi connectivity index (χ3v) is 6.48. The predicted octanol–water partition coefficient (Wildman–Crippen LogP) is 2.99. The highest BCUT2D eigenvalue weighted by Crippen LogP contribution is 2.32. The van der Waals surface area contributed by atoms with Gasteiger partial charge in [-0.3, -0.25) is 4.99 Å². The zero-order valence-electron chi connectivity index (χ0n) is 17.7. The molecule has 1 fully saturated rings. The van der Waals surface area contributed by atoms with E-state index in [1.54, 1.807) is 7.11 Å². The molecule has 0 aliphatic carbocycles. The zero-order valence-corrected chi connectivity index (χ0v) is 18.5. The van der Waals surface area contributed by atoms with E-state index in [0.717, 1.165) is 56.3 Å². The van der Waals surface area contributed by atoms with Crippen LogP contribution in [0.1, 0.15) is 30.4 Å². The number of nitrogens with zero attached hydrogens (tertiary/aromatic N) is 1. The van der Waals surface area contributed by atoms with Gasteiger partial charge in [0.05, 0.1) is 6.61 Å². The fourth-order valence-electron chi connectivity index (χ4n) is 3.17. The van der Waals surface area contributed by atoms with Gasteiger partial charge in [0.2, 0.25) is 0 Å². The van der Waals surface area contributed by atoms with Gasteiger partial charge >= 0.3 is 0 Å². The van der Waals surface area contributed by atoms with Crippen molar-refractivity contribution in [2.45, 2.75) is 37.5 Å². The Morgan fingerprint density at radius 3 is 2.71 bits per heavy atom. The largest absolute Gasteiger partial charge is 0.493 e. The first-order valence-electron chi connectivity index (χ1n) is 9.91. The average Bonchev–Trinajstić information content (AvgIpc) is 2.73. The van der Waals surface area contributed by atoms with E-state index in [-0.39, 0.29) is 4.75 Å². The molecule has 0 unspecified atom stereocenters. The zero-order chi connectivity index (χ0) is 20.2. The van der Waals surface area contributed by atoms with Crippen LogP contribution in [0.3, 0.4) is 0 Å². The molecule has 0 amide bonds. The number of rotatable bonds is 10. The van der Waals surface area contributed by atoms with Gasteiger partial charge in [0.25, 0.3) is 0 Å². The van der Waals surface area contributed by atoms with Crippen LogP contribution in [0.5, 0.6) is 5.75 Å². The standard InChI is InChI=1S/C21H35N3O3S/c1-17-6-7-18(19(14-17)27-11-5-10-25-3)15-23-20(22-2)24-16-21(28-4)8-12-26-13-9-21/h6-7,14H,5,8-13,15-16H2,1-4H3,(H2,22,23,24). The molecule has 1 saturated heterocycles. The number of ether oxygens (including phenoxy) is 3. The van der Waals surface area contributed by atoms with Crippen molar-refractivity contribution in [2.75, 3.05) is 53.4 Å². The number of nitrogens with one attached hydrogen (secondary N) is 2. The van der Waals surface area contributed by atoms with Crippen molar-refractivity contribution in [3.8, 4) is 5.75 Å². The number of thioether (sulfide) groups is 1. The Bertz CT molecular complexity index is 619. The second-order valence-corrected chi connectivity index (χ2v) is 8.36. The summed E-state index contributed by atoms with van der Waals surface area (Å²) >= 11 is 1.92. The van der Waals surface area contributed by atoms with Gasteiger partial charge in [-0.05, 0) is 37.7 Å². The molecule has 0 radical (unpaired) electrons. The Hall–Kier alpha value is -1.44. The summed E-state index contributed by atoms with van der Waals surface area (Å²) in [6, 6.07) is 6.31. The molecule has 2 rings (SSSR count).